The number of rotatable bonds is 7. The molecule has 1 amide bonds. The van der Waals surface area contributed by atoms with Crippen LogP contribution in [0.3, 0.4) is 0 Å². The number of carbonyl (C=O) groups excluding carboxylic acids is 1. The van der Waals surface area contributed by atoms with E-state index in [2.05, 4.69) is 29.2 Å². The van der Waals surface area contributed by atoms with Gasteiger partial charge in [-0.2, -0.15) is 4.31 Å². The van der Waals surface area contributed by atoms with Gasteiger partial charge in [-0.3, -0.25) is 9.69 Å². The Hall–Kier alpha value is -2.23. The van der Waals surface area contributed by atoms with Gasteiger partial charge in [-0.1, -0.05) is 31.1 Å². The molecule has 30 heavy (non-hydrogen) atoms. The number of aryl methyl sites for hydroxylation is 2. The number of aromatic nitrogens is 1. The largest absolute Gasteiger partial charge is 0.360 e. The number of piperazine rings is 1. The molecule has 1 aliphatic rings. The fourth-order valence-corrected chi connectivity index (χ4v) is 5.28. The number of hydrogen-bond acceptors (Lipinski definition) is 6. The summed E-state index contributed by atoms with van der Waals surface area (Å²) in [6.07, 6.45) is 0. The Morgan fingerprint density at radius 1 is 1.20 bits per heavy atom. The second kappa shape index (κ2) is 9.28. The minimum absolute atomic E-state index is 0.0686. The van der Waals surface area contributed by atoms with E-state index in [1.807, 2.05) is 24.3 Å². The van der Waals surface area contributed by atoms with E-state index in [1.54, 1.807) is 13.8 Å². The average molecular weight is 435 g/mol. The topological polar surface area (TPSA) is 95.8 Å². The minimum atomic E-state index is -3.61. The highest BCUT2D eigenvalue weighted by Crippen LogP contribution is 2.24. The van der Waals surface area contributed by atoms with Gasteiger partial charge in [0.1, 0.15) is 10.6 Å². The van der Waals surface area contributed by atoms with Gasteiger partial charge in [0.2, 0.25) is 10.0 Å². The van der Waals surface area contributed by atoms with Crippen molar-refractivity contribution in [2.24, 2.45) is 5.92 Å². The molecule has 1 aromatic carbocycles. The molecular weight excluding hydrogens is 404 g/mol. The molecule has 1 aromatic heterocycles. The van der Waals surface area contributed by atoms with Crippen molar-refractivity contribution in [1.29, 1.82) is 0 Å². The molecule has 0 saturated carbocycles. The second-order valence-electron chi connectivity index (χ2n) is 8.14. The summed E-state index contributed by atoms with van der Waals surface area (Å²) in [4.78, 5) is 14.7. The number of hydrogen-bond donors (Lipinski definition) is 1. The van der Waals surface area contributed by atoms with E-state index in [-0.39, 0.29) is 10.8 Å². The van der Waals surface area contributed by atoms with Crippen molar-refractivity contribution in [3.8, 4) is 0 Å². The smallest absolute Gasteiger partial charge is 0.251 e. The fourth-order valence-electron chi connectivity index (χ4n) is 3.57. The third kappa shape index (κ3) is 5.08. The van der Waals surface area contributed by atoms with Crippen molar-refractivity contribution < 1.29 is 17.7 Å². The first kappa shape index (κ1) is 22.5. The third-order valence-electron chi connectivity index (χ3n) is 5.16. The first-order chi connectivity index (χ1) is 14.2. The molecule has 9 heteroatoms. The van der Waals surface area contributed by atoms with Gasteiger partial charge in [-0.15, -0.1) is 0 Å². The van der Waals surface area contributed by atoms with Crippen LogP contribution >= 0.6 is 0 Å². The Morgan fingerprint density at radius 2 is 1.90 bits per heavy atom. The predicted octanol–water partition coefficient (Wildman–Crippen LogP) is 2.18. The van der Waals surface area contributed by atoms with Gasteiger partial charge in [0, 0.05) is 44.8 Å². The summed E-state index contributed by atoms with van der Waals surface area (Å²) in [6.45, 7) is 10.7. The summed E-state index contributed by atoms with van der Waals surface area (Å²) >= 11 is 0. The molecule has 0 atom stereocenters. The second-order valence-corrected chi connectivity index (χ2v) is 10.0. The monoisotopic (exact) mass is 434 g/mol. The zero-order valence-electron chi connectivity index (χ0n) is 18.0. The number of benzene rings is 1. The lowest BCUT2D eigenvalue weighted by Gasteiger charge is -2.33. The van der Waals surface area contributed by atoms with Crippen molar-refractivity contribution in [2.75, 3.05) is 32.7 Å². The number of nitrogens with one attached hydrogen (secondary N) is 1. The van der Waals surface area contributed by atoms with Crippen LogP contribution in [0.5, 0.6) is 0 Å². The highest BCUT2D eigenvalue weighted by atomic mass is 32.2. The van der Waals surface area contributed by atoms with Gasteiger partial charge in [0.05, 0.1) is 0 Å². The molecule has 0 radical (unpaired) electrons. The van der Waals surface area contributed by atoms with Crippen molar-refractivity contribution in [3.05, 3.63) is 46.8 Å². The number of carbonyl (C=O) groups is 1. The van der Waals surface area contributed by atoms with Gasteiger partial charge in [0.15, 0.2) is 5.76 Å². The normalized spacial score (nSPS) is 16.2. The van der Waals surface area contributed by atoms with Crippen LogP contribution in [-0.2, 0) is 16.6 Å². The van der Waals surface area contributed by atoms with E-state index in [0.717, 1.165) is 5.56 Å². The van der Waals surface area contributed by atoms with Gasteiger partial charge in [-0.25, -0.2) is 8.42 Å². The van der Waals surface area contributed by atoms with Crippen molar-refractivity contribution in [3.63, 3.8) is 0 Å². The Labute approximate surface area is 178 Å². The molecule has 0 unspecified atom stereocenters. The van der Waals surface area contributed by atoms with E-state index in [4.69, 9.17) is 4.52 Å². The Morgan fingerprint density at radius 3 is 2.50 bits per heavy atom. The van der Waals surface area contributed by atoms with Crippen LogP contribution in [0.15, 0.2) is 33.7 Å². The molecule has 0 aliphatic carbocycles. The number of nitrogens with zero attached hydrogens (tertiary/aromatic N) is 3. The lowest BCUT2D eigenvalue weighted by molar-refractivity contribution is 0.0948. The number of sulfonamides is 1. The standard InChI is InChI=1S/C21H30N4O4S/c1-15(2)13-22-21(26)19-7-5-6-18(12-19)14-24-8-10-25(11-9-24)30(27,28)20-16(3)23-29-17(20)4/h5-7,12,15H,8-11,13-14H2,1-4H3,(H,22,26). The summed E-state index contributed by atoms with van der Waals surface area (Å²) in [7, 11) is -3.61. The number of amides is 1. The minimum Gasteiger partial charge on any atom is -0.360 e. The Bertz CT molecular complexity index is 973. The van der Waals surface area contributed by atoms with Crippen molar-refractivity contribution >= 4 is 15.9 Å². The highest BCUT2D eigenvalue weighted by Gasteiger charge is 2.33. The van der Waals surface area contributed by atoms with Gasteiger partial charge >= 0.3 is 0 Å². The molecule has 3 rings (SSSR count). The third-order valence-corrected chi connectivity index (χ3v) is 7.31. The summed E-state index contributed by atoms with van der Waals surface area (Å²) in [5.41, 5.74) is 2.07. The zero-order valence-corrected chi connectivity index (χ0v) is 18.8. The van der Waals surface area contributed by atoms with Crippen LogP contribution in [0.1, 0.15) is 41.2 Å². The molecule has 1 aliphatic heterocycles. The van der Waals surface area contributed by atoms with Gasteiger partial charge in [-0.05, 0) is 37.5 Å². The molecule has 1 fully saturated rings. The summed E-state index contributed by atoms with van der Waals surface area (Å²) < 4.78 is 32.4. The maximum absolute atomic E-state index is 12.9. The molecule has 1 saturated heterocycles. The SMILES string of the molecule is Cc1noc(C)c1S(=O)(=O)N1CCN(Cc2cccc(C(=O)NCC(C)C)c2)CC1. The zero-order chi connectivity index (χ0) is 21.9. The molecular formula is C21H30N4O4S. The lowest BCUT2D eigenvalue weighted by Crippen LogP contribution is -2.48. The van der Waals surface area contributed by atoms with E-state index in [1.165, 1.54) is 4.31 Å². The molecule has 0 bridgehead atoms. The van der Waals surface area contributed by atoms with Crippen LogP contribution < -0.4 is 5.32 Å². The molecule has 2 heterocycles. The lowest BCUT2D eigenvalue weighted by atomic mass is 10.1. The molecule has 1 N–H and O–H groups in total. The maximum atomic E-state index is 12.9. The van der Waals surface area contributed by atoms with Crippen LogP contribution in [0, 0.1) is 19.8 Å². The van der Waals surface area contributed by atoms with Crippen molar-refractivity contribution in [1.82, 2.24) is 19.7 Å². The average Bonchev–Trinajstić information content (AvgIpc) is 3.05. The van der Waals surface area contributed by atoms with E-state index in [0.29, 0.717) is 62.2 Å². The van der Waals surface area contributed by atoms with Crippen LogP contribution in [0.2, 0.25) is 0 Å². The quantitative estimate of drug-likeness (QED) is 0.718. The molecule has 164 valence electrons. The fraction of sp³-hybridized carbons (Fsp3) is 0.524. The van der Waals surface area contributed by atoms with E-state index >= 15 is 0 Å². The summed E-state index contributed by atoms with van der Waals surface area (Å²) in [5, 5.41) is 6.70. The first-order valence-corrected chi connectivity index (χ1v) is 11.6. The van der Waals surface area contributed by atoms with Crippen molar-refractivity contribution in [2.45, 2.75) is 39.1 Å². The first-order valence-electron chi connectivity index (χ1n) is 10.2. The molecule has 8 nitrogen and oxygen atoms in total. The van der Waals surface area contributed by atoms with Crippen LogP contribution in [0.25, 0.3) is 0 Å². The van der Waals surface area contributed by atoms with Crippen LogP contribution in [-0.4, -0.2) is 61.4 Å². The van der Waals surface area contributed by atoms with Gasteiger partial charge in [0.25, 0.3) is 5.91 Å². The Kier molecular flexibility index (Phi) is 6.95. The highest BCUT2D eigenvalue weighted by molar-refractivity contribution is 7.89. The predicted molar refractivity (Wildman–Crippen MR) is 114 cm³/mol. The molecule has 2 aromatic rings. The van der Waals surface area contributed by atoms with Gasteiger partial charge < -0.3 is 9.84 Å². The summed E-state index contributed by atoms with van der Waals surface area (Å²) in [6, 6.07) is 7.60. The maximum Gasteiger partial charge on any atom is 0.251 e. The molecule has 0 spiro atoms. The summed E-state index contributed by atoms with van der Waals surface area (Å²) in [5.74, 6) is 0.651. The van der Waals surface area contributed by atoms with E-state index in [9.17, 15) is 13.2 Å². The Balaban J connectivity index is 1.60. The van der Waals surface area contributed by atoms with Crippen LogP contribution in [0.4, 0.5) is 0 Å². The van der Waals surface area contributed by atoms with E-state index < -0.39 is 10.0 Å².